The van der Waals surface area contributed by atoms with Crippen molar-refractivity contribution in [2.45, 2.75) is 37.9 Å². The van der Waals surface area contributed by atoms with Gasteiger partial charge in [0.05, 0.1) is 12.0 Å². The number of nitrogens with zero attached hydrogens (tertiary/aromatic N) is 1. The SMILES string of the molecule is CN1CCC(CNC(=O)C2CCC(C(F)(F)F)CN2)CC1. The van der Waals surface area contributed by atoms with E-state index < -0.39 is 18.1 Å². The molecule has 2 heterocycles. The first-order valence-corrected chi connectivity index (χ1v) is 7.62. The third-order valence-corrected chi connectivity index (χ3v) is 4.60. The van der Waals surface area contributed by atoms with Crippen molar-refractivity contribution < 1.29 is 18.0 Å². The second kappa shape index (κ2) is 6.96. The molecule has 1 amide bonds. The fraction of sp³-hybridized carbons (Fsp3) is 0.929. The summed E-state index contributed by atoms with van der Waals surface area (Å²) in [6.45, 7) is 2.55. The maximum Gasteiger partial charge on any atom is 0.393 e. The van der Waals surface area contributed by atoms with Crippen LogP contribution in [0.5, 0.6) is 0 Å². The molecule has 2 atom stereocenters. The fourth-order valence-corrected chi connectivity index (χ4v) is 2.99. The van der Waals surface area contributed by atoms with E-state index in [1.807, 2.05) is 0 Å². The maximum absolute atomic E-state index is 12.5. The number of halogens is 3. The Morgan fingerprint density at radius 2 is 1.90 bits per heavy atom. The van der Waals surface area contributed by atoms with Gasteiger partial charge in [-0.3, -0.25) is 4.79 Å². The number of hydrogen-bond acceptors (Lipinski definition) is 3. The van der Waals surface area contributed by atoms with E-state index in [0.717, 1.165) is 25.9 Å². The molecule has 0 spiro atoms. The molecular formula is C14H24F3N3O. The van der Waals surface area contributed by atoms with Crippen LogP contribution in [0.15, 0.2) is 0 Å². The molecule has 0 aliphatic carbocycles. The lowest BCUT2D eigenvalue weighted by Crippen LogP contribution is -2.52. The van der Waals surface area contributed by atoms with E-state index in [9.17, 15) is 18.0 Å². The molecule has 0 aromatic heterocycles. The molecular weight excluding hydrogens is 283 g/mol. The standard InChI is InChI=1S/C14H24F3N3O/c1-20-6-4-10(5-7-20)8-19-13(21)12-3-2-11(9-18-12)14(15,16)17/h10-12,18H,2-9H2,1H3,(H,19,21). The Balaban J connectivity index is 1.68. The molecule has 21 heavy (non-hydrogen) atoms. The van der Waals surface area contributed by atoms with E-state index in [2.05, 4.69) is 22.6 Å². The second-order valence-electron chi connectivity index (χ2n) is 6.27. The van der Waals surface area contributed by atoms with Crippen LogP contribution in [-0.4, -0.2) is 56.3 Å². The monoisotopic (exact) mass is 307 g/mol. The van der Waals surface area contributed by atoms with Crippen LogP contribution < -0.4 is 10.6 Å². The largest absolute Gasteiger partial charge is 0.393 e. The van der Waals surface area contributed by atoms with Crippen molar-refractivity contribution in [3.8, 4) is 0 Å². The molecule has 0 radical (unpaired) electrons. The number of rotatable bonds is 3. The highest BCUT2D eigenvalue weighted by Gasteiger charge is 2.42. The second-order valence-corrected chi connectivity index (χ2v) is 6.27. The molecule has 7 heteroatoms. The number of amides is 1. The predicted molar refractivity (Wildman–Crippen MR) is 73.8 cm³/mol. The minimum atomic E-state index is -4.16. The minimum Gasteiger partial charge on any atom is -0.354 e. The smallest absolute Gasteiger partial charge is 0.354 e. The molecule has 0 aromatic rings. The predicted octanol–water partition coefficient (Wildman–Crippen LogP) is 1.37. The molecule has 2 saturated heterocycles. The zero-order chi connectivity index (χ0) is 15.5. The van der Waals surface area contributed by atoms with Crippen molar-refractivity contribution in [3.05, 3.63) is 0 Å². The van der Waals surface area contributed by atoms with Gasteiger partial charge >= 0.3 is 6.18 Å². The summed E-state index contributed by atoms with van der Waals surface area (Å²) in [5.74, 6) is -0.998. The first-order valence-electron chi connectivity index (χ1n) is 7.62. The normalized spacial score (nSPS) is 29.3. The van der Waals surface area contributed by atoms with Crippen molar-refractivity contribution in [1.82, 2.24) is 15.5 Å². The summed E-state index contributed by atoms with van der Waals surface area (Å²) >= 11 is 0. The molecule has 2 fully saturated rings. The van der Waals surface area contributed by atoms with Gasteiger partial charge in [-0.15, -0.1) is 0 Å². The Bertz CT molecular complexity index is 346. The molecule has 0 bridgehead atoms. The Hall–Kier alpha value is -0.820. The van der Waals surface area contributed by atoms with Gasteiger partial charge in [-0.05, 0) is 51.7 Å². The van der Waals surface area contributed by atoms with Crippen LogP contribution >= 0.6 is 0 Å². The topological polar surface area (TPSA) is 44.4 Å². The summed E-state index contributed by atoms with van der Waals surface area (Å²) in [7, 11) is 2.08. The van der Waals surface area contributed by atoms with Crippen LogP contribution in [-0.2, 0) is 4.79 Å². The Labute approximate surface area is 123 Å². The van der Waals surface area contributed by atoms with Gasteiger partial charge in [0.25, 0.3) is 0 Å². The molecule has 0 saturated carbocycles. The van der Waals surface area contributed by atoms with E-state index in [1.54, 1.807) is 0 Å². The van der Waals surface area contributed by atoms with Crippen LogP contribution in [0.3, 0.4) is 0 Å². The zero-order valence-corrected chi connectivity index (χ0v) is 12.4. The van der Waals surface area contributed by atoms with E-state index in [-0.39, 0.29) is 25.3 Å². The number of piperidine rings is 2. The van der Waals surface area contributed by atoms with Crippen molar-refractivity contribution in [1.29, 1.82) is 0 Å². The molecule has 2 aliphatic rings. The highest BCUT2D eigenvalue weighted by atomic mass is 19.4. The third kappa shape index (κ3) is 4.85. The Morgan fingerprint density at radius 3 is 2.43 bits per heavy atom. The maximum atomic E-state index is 12.5. The number of hydrogen-bond donors (Lipinski definition) is 2. The van der Waals surface area contributed by atoms with Crippen LogP contribution in [0.4, 0.5) is 13.2 Å². The van der Waals surface area contributed by atoms with Crippen LogP contribution in [0, 0.1) is 11.8 Å². The summed E-state index contributed by atoms with van der Waals surface area (Å²) in [5.41, 5.74) is 0. The number of alkyl halides is 3. The highest BCUT2D eigenvalue weighted by molar-refractivity contribution is 5.81. The molecule has 122 valence electrons. The third-order valence-electron chi connectivity index (χ3n) is 4.60. The van der Waals surface area contributed by atoms with E-state index in [1.165, 1.54) is 0 Å². The first kappa shape index (κ1) is 16.5. The molecule has 2 N–H and O–H groups in total. The van der Waals surface area contributed by atoms with Crippen molar-refractivity contribution >= 4 is 5.91 Å². The molecule has 2 rings (SSSR count). The first-order chi connectivity index (χ1) is 9.86. The van der Waals surface area contributed by atoms with Gasteiger partial charge < -0.3 is 15.5 Å². The van der Waals surface area contributed by atoms with Crippen LogP contribution in [0.1, 0.15) is 25.7 Å². The van der Waals surface area contributed by atoms with Gasteiger partial charge in [0.1, 0.15) is 0 Å². The average molecular weight is 307 g/mol. The van der Waals surface area contributed by atoms with Gasteiger partial charge in [-0.2, -0.15) is 13.2 Å². The van der Waals surface area contributed by atoms with Gasteiger partial charge in [-0.25, -0.2) is 0 Å². The molecule has 2 unspecified atom stereocenters. The average Bonchev–Trinajstić information content (AvgIpc) is 2.45. The van der Waals surface area contributed by atoms with Gasteiger partial charge in [0.2, 0.25) is 5.91 Å². The Kier molecular flexibility index (Phi) is 5.48. The van der Waals surface area contributed by atoms with Crippen molar-refractivity contribution in [3.63, 3.8) is 0 Å². The number of likely N-dealkylation sites (tertiary alicyclic amines) is 1. The summed E-state index contributed by atoms with van der Waals surface area (Å²) in [4.78, 5) is 14.3. The number of nitrogens with one attached hydrogen (secondary N) is 2. The summed E-state index contributed by atoms with van der Waals surface area (Å²) < 4.78 is 37.6. The lowest BCUT2D eigenvalue weighted by molar-refractivity contribution is -0.180. The van der Waals surface area contributed by atoms with Gasteiger partial charge in [-0.1, -0.05) is 0 Å². The lowest BCUT2D eigenvalue weighted by Gasteiger charge is -2.32. The van der Waals surface area contributed by atoms with E-state index in [0.29, 0.717) is 12.5 Å². The molecule has 0 aromatic carbocycles. The van der Waals surface area contributed by atoms with Crippen molar-refractivity contribution in [2.24, 2.45) is 11.8 Å². The van der Waals surface area contributed by atoms with E-state index >= 15 is 0 Å². The van der Waals surface area contributed by atoms with E-state index in [4.69, 9.17) is 0 Å². The quantitative estimate of drug-likeness (QED) is 0.828. The lowest BCUT2D eigenvalue weighted by atomic mass is 9.93. The zero-order valence-electron chi connectivity index (χ0n) is 12.4. The highest BCUT2D eigenvalue weighted by Crippen LogP contribution is 2.31. The van der Waals surface area contributed by atoms with Gasteiger partial charge in [0, 0.05) is 13.1 Å². The summed E-state index contributed by atoms with van der Waals surface area (Å²) in [6.07, 6.45) is -1.76. The minimum absolute atomic E-state index is 0.0306. The van der Waals surface area contributed by atoms with Crippen molar-refractivity contribution in [2.75, 3.05) is 33.2 Å². The summed E-state index contributed by atoms with van der Waals surface area (Å²) in [6, 6.07) is -0.477. The molecule has 2 aliphatic heterocycles. The molecule has 4 nitrogen and oxygen atoms in total. The Morgan fingerprint density at radius 1 is 1.24 bits per heavy atom. The van der Waals surface area contributed by atoms with Crippen LogP contribution in [0.2, 0.25) is 0 Å². The van der Waals surface area contributed by atoms with Crippen LogP contribution in [0.25, 0.3) is 0 Å². The van der Waals surface area contributed by atoms with Gasteiger partial charge in [0.15, 0.2) is 0 Å². The number of carbonyl (C=O) groups is 1. The number of carbonyl (C=O) groups excluding carboxylic acids is 1. The fourth-order valence-electron chi connectivity index (χ4n) is 2.99. The summed E-state index contributed by atoms with van der Waals surface area (Å²) in [5, 5.41) is 5.62.